The molecule has 1 atom stereocenters. The third-order valence-corrected chi connectivity index (χ3v) is 7.96. The molecule has 11 heteroatoms. The fraction of sp³-hybridized carbons (Fsp3) is 0.235. The summed E-state index contributed by atoms with van der Waals surface area (Å²) in [5.74, 6) is -2.04. The molecular weight excluding hydrogens is 575 g/mol. The lowest BCUT2D eigenvalue weighted by Crippen LogP contribution is -2.39. The Morgan fingerprint density at radius 2 is 1.89 bits per heavy atom. The summed E-state index contributed by atoms with van der Waals surface area (Å²) in [5, 5.41) is 12.1. The number of nitrogens with two attached hydrogens (primary N) is 1. The van der Waals surface area contributed by atoms with Crippen LogP contribution >= 0.6 is 0 Å². The molecule has 3 aromatic heterocycles. The summed E-state index contributed by atoms with van der Waals surface area (Å²) in [6.07, 6.45) is 2.18. The number of benzene rings is 2. The molecule has 0 aliphatic carbocycles. The van der Waals surface area contributed by atoms with E-state index in [0.717, 1.165) is 5.56 Å². The van der Waals surface area contributed by atoms with Crippen molar-refractivity contribution in [1.82, 2.24) is 19.9 Å². The van der Waals surface area contributed by atoms with Gasteiger partial charge < -0.3 is 15.5 Å². The zero-order chi connectivity index (χ0) is 32.0. The van der Waals surface area contributed by atoms with Crippen LogP contribution in [-0.2, 0) is 24.9 Å². The Morgan fingerprint density at radius 3 is 2.53 bits per heavy atom. The van der Waals surface area contributed by atoms with Crippen molar-refractivity contribution in [3.05, 3.63) is 116 Å². The summed E-state index contributed by atoms with van der Waals surface area (Å²) in [7, 11) is 0. The number of aromatic nitrogens is 3. The van der Waals surface area contributed by atoms with Crippen LogP contribution in [0.2, 0.25) is 0 Å². The molecule has 1 unspecified atom stereocenters. The third kappa shape index (κ3) is 5.35. The van der Waals surface area contributed by atoms with E-state index in [1.54, 1.807) is 42.5 Å². The lowest BCUT2D eigenvalue weighted by Gasteiger charge is -2.26. The molecule has 45 heavy (non-hydrogen) atoms. The maximum atomic E-state index is 13.7. The minimum atomic E-state index is -0.963. The van der Waals surface area contributed by atoms with E-state index in [9.17, 15) is 18.8 Å². The number of amides is 2. The van der Waals surface area contributed by atoms with E-state index < -0.39 is 23.1 Å². The van der Waals surface area contributed by atoms with Crippen LogP contribution in [0.25, 0.3) is 22.2 Å². The van der Waals surface area contributed by atoms with Gasteiger partial charge in [-0.05, 0) is 66.8 Å². The van der Waals surface area contributed by atoms with Crippen LogP contribution in [0.1, 0.15) is 69.7 Å². The summed E-state index contributed by atoms with van der Waals surface area (Å²) in [4.78, 5) is 48.9. The van der Waals surface area contributed by atoms with Gasteiger partial charge in [-0.2, -0.15) is 5.26 Å². The molecule has 2 amide bonds. The number of fused-ring (bicyclic) bond motifs is 2. The summed E-state index contributed by atoms with van der Waals surface area (Å²) in [6, 6.07) is 16.3. The second-order valence-corrected chi connectivity index (χ2v) is 11.9. The lowest BCUT2D eigenvalue weighted by molar-refractivity contribution is 0.0935. The van der Waals surface area contributed by atoms with Gasteiger partial charge in [0.15, 0.2) is 5.58 Å². The summed E-state index contributed by atoms with van der Waals surface area (Å²) < 4.78 is 20.7. The van der Waals surface area contributed by atoms with Crippen LogP contribution in [0.3, 0.4) is 0 Å². The number of hydrogen-bond acceptors (Lipinski definition) is 7. The first-order valence-electron chi connectivity index (χ1n) is 14.4. The summed E-state index contributed by atoms with van der Waals surface area (Å²) >= 11 is 0. The average molecular weight is 605 g/mol. The van der Waals surface area contributed by atoms with Gasteiger partial charge in [0.25, 0.3) is 11.8 Å². The molecule has 3 N–H and O–H groups in total. The minimum Gasteiger partial charge on any atom is -0.408 e. The normalized spacial score (nSPS) is 15.7. The molecule has 6 rings (SSSR count). The first-order valence-corrected chi connectivity index (χ1v) is 14.4. The highest BCUT2D eigenvalue weighted by molar-refractivity contribution is 6.12. The molecule has 1 aliphatic heterocycles. The molecule has 0 bridgehead atoms. The Morgan fingerprint density at radius 1 is 1.13 bits per heavy atom. The van der Waals surface area contributed by atoms with Gasteiger partial charge in [0.2, 0.25) is 0 Å². The van der Waals surface area contributed by atoms with Gasteiger partial charge in [-0.1, -0.05) is 32.0 Å². The van der Waals surface area contributed by atoms with Crippen LogP contribution in [0.4, 0.5) is 4.39 Å². The zero-order valence-electron chi connectivity index (χ0n) is 24.8. The van der Waals surface area contributed by atoms with Crippen molar-refractivity contribution in [2.24, 2.45) is 11.7 Å². The Balaban J connectivity index is 1.52. The molecule has 0 radical (unpaired) electrons. The van der Waals surface area contributed by atoms with Crippen molar-refractivity contribution < 1.29 is 18.4 Å². The highest BCUT2D eigenvalue weighted by Gasteiger charge is 2.44. The number of primary amides is 1. The molecule has 226 valence electrons. The van der Waals surface area contributed by atoms with Gasteiger partial charge in [-0.25, -0.2) is 9.18 Å². The first-order chi connectivity index (χ1) is 21.5. The van der Waals surface area contributed by atoms with E-state index in [4.69, 9.17) is 20.4 Å². The van der Waals surface area contributed by atoms with Crippen LogP contribution in [0, 0.1) is 23.1 Å². The van der Waals surface area contributed by atoms with E-state index in [1.807, 2.05) is 26.8 Å². The third-order valence-electron chi connectivity index (χ3n) is 7.96. The minimum absolute atomic E-state index is 0.108. The molecule has 4 heterocycles. The predicted molar refractivity (Wildman–Crippen MR) is 164 cm³/mol. The number of hydrogen-bond donors (Lipinski definition) is 2. The van der Waals surface area contributed by atoms with Crippen LogP contribution in [0.15, 0.2) is 70.0 Å². The number of rotatable bonds is 8. The standard InChI is InChI=1S/C34H29FN6O4/c1-18(2)12-24-28(31(37)42)27(29-30(39-24)34(3,40-32(29)43)14-19-4-8-22(35)9-5-19)21-7-11-25-26(13-21)45-33(44)41(25)17-23-10-6-20(15-36)16-38-23/h4-11,13,16,18H,12,14,17H2,1-3H3,(H2,37,42)(H,40,43). The Kier molecular flexibility index (Phi) is 7.29. The number of oxazole rings is 1. The van der Waals surface area contributed by atoms with Gasteiger partial charge >= 0.3 is 5.76 Å². The van der Waals surface area contributed by atoms with E-state index in [1.165, 1.54) is 22.9 Å². The van der Waals surface area contributed by atoms with Gasteiger partial charge in [-0.3, -0.25) is 24.1 Å². The Bertz CT molecular complexity index is 2090. The van der Waals surface area contributed by atoms with Gasteiger partial charge in [-0.15, -0.1) is 0 Å². The maximum absolute atomic E-state index is 13.7. The van der Waals surface area contributed by atoms with E-state index in [2.05, 4.69) is 10.3 Å². The van der Waals surface area contributed by atoms with Crippen LogP contribution in [-0.4, -0.2) is 26.3 Å². The first kappa shape index (κ1) is 29.4. The van der Waals surface area contributed by atoms with E-state index in [-0.39, 0.29) is 35.0 Å². The second kappa shape index (κ2) is 11.1. The number of nitriles is 1. The number of halogens is 1. The monoisotopic (exact) mass is 604 g/mol. The van der Waals surface area contributed by atoms with Gasteiger partial charge in [0.1, 0.15) is 11.9 Å². The molecule has 1 aliphatic rings. The quantitative estimate of drug-likeness (QED) is 0.262. The van der Waals surface area contributed by atoms with Crippen molar-refractivity contribution >= 4 is 22.9 Å². The summed E-state index contributed by atoms with van der Waals surface area (Å²) in [5.41, 5.74) is 9.51. The molecule has 0 spiro atoms. The second-order valence-electron chi connectivity index (χ2n) is 11.9. The number of nitrogens with zero attached hydrogens (tertiary/aromatic N) is 4. The molecule has 0 fully saturated rings. The molecule has 0 saturated carbocycles. The van der Waals surface area contributed by atoms with Crippen LogP contribution < -0.4 is 16.8 Å². The smallest absolute Gasteiger partial charge is 0.408 e. The Labute approximate surface area is 257 Å². The van der Waals surface area contributed by atoms with Crippen molar-refractivity contribution in [2.75, 3.05) is 0 Å². The number of nitrogens with one attached hydrogen (secondary N) is 1. The van der Waals surface area contributed by atoms with Crippen molar-refractivity contribution in [3.8, 4) is 17.2 Å². The highest BCUT2D eigenvalue weighted by atomic mass is 19.1. The fourth-order valence-electron chi connectivity index (χ4n) is 5.97. The fourth-order valence-corrected chi connectivity index (χ4v) is 5.97. The summed E-state index contributed by atoms with van der Waals surface area (Å²) in [6.45, 7) is 5.94. The lowest BCUT2D eigenvalue weighted by atomic mass is 9.84. The van der Waals surface area contributed by atoms with E-state index in [0.29, 0.717) is 52.1 Å². The SMILES string of the molecule is CC(C)Cc1nc2c(c(-c3ccc4c(c3)oc(=O)n4Cc3ccc(C#N)cn3)c1C(N)=O)C(=O)NC2(C)Cc1ccc(F)cc1. The van der Waals surface area contributed by atoms with Crippen molar-refractivity contribution in [3.63, 3.8) is 0 Å². The topological polar surface area (TPSA) is 157 Å². The van der Waals surface area contributed by atoms with Crippen LogP contribution in [0.5, 0.6) is 0 Å². The van der Waals surface area contributed by atoms with Gasteiger partial charge in [0.05, 0.1) is 51.4 Å². The van der Waals surface area contributed by atoms with E-state index >= 15 is 0 Å². The molecule has 5 aromatic rings. The number of carbonyl (C=O) groups excluding carboxylic acids is 2. The largest absolute Gasteiger partial charge is 0.420 e. The van der Waals surface area contributed by atoms with Crippen molar-refractivity contribution in [2.45, 2.75) is 45.7 Å². The molecule has 0 saturated heterocycles. The number of pyridine rings is 2. The van der Waals surface area contributed by atoms with Crippen molar-refractivity contribution in [1.29, 1.82) is 5.26 Å². The molecular formula is C34H29FN6O4. The molecule has 10 nitrogen and oxygen atoms in total. The Hall–Kier alpha value is -5.63. The maximum Gasteiger partial charge on any atom is 0.420 e. The highest BCUT2D eigenvalue weighted by Crippen LogP contribution is 2.41. The number of carbonyl (C=O) groups is 2. The molecule has 2 aromatic carbocycles. The predicted octanol–water partition coefficient (Wildman–Crippen LogP) is 4.61. The average Bonchev–Trinajstić information content (AvgIpc) is 3.44. The zero-order valence-corrected chi connectivity index (χ0v) is 24.8. The van der Waals surface area contributed by atoms with Gasteiger partial charge in [0, 0.05) is 18.2 Å².